The van der Waals surface area contributed by atoms with Crippen LogP contribution in [0.25, 0.3) is 0 Å². The third kappa shape index (κ3) is 4.29. The molecule has 0 saturated carbocycles. The lowest BCUT2D eigenvalue weighted by atomic mass is 9.74. The molecule has 0 rings (SSSR count). The molecule has 5 nitrogen and oxygen atoms in total. The van der Waals surface area contributed by atoms with E-state index in [1.165, 1.54) is 0 Å². The van der Waals surface area contributed by atoms with Crippen LogP contribution in [-0.4, -0.2) is 29.9 Å². The van der Waals surface area contributed by atoms with Crippen molar-refractivity contribution in [3.63, 3.8) is 0 Å². The fraction of sp³-hybridized carbons (Fsp3) is 0.846. The zero-order chi connectivity index (χ0) is 14.6. The fourth-order valence-corrected chi connectivity index (χ4v) is 1.14. The Morgan fingerprint density at radius 2 is 1.72 bits per heavy atom. The van der Waals surface area contributed by atoms with Gasteiger partial charge in [0, 0.05) is 12.1 Å². The highest BCUT2D eigenvalue weighted by atomic mass is 16.2. The van der Waals surface area contributed by atoms with Crippen LogP contribution in [-0.2, 0) is 9.59 Å². The van der Waals surface area contributed by atoms with E-state index in [2.05, 4.69) is 10.6 Å². The van der Waals surface area contributed by atoms with Crippen LogP contribution in [0.3, 0.4) is 0 Å². The number of hydrogen-bond acceptors (Lipinski definition) is 3. The number of carbonyl (C=O) groups excluding carboxylic acids is 2. The predicted molar refractivity (Wildman–Crippen MR) is 73.0 cm³/mol. The standard InChI is InChI=1S/C13H27N3O2/c1-7-8-15-10(17)9(2)16-11(18)12(3,4)13(5,6)14/h9H,7-8,14H2,1-6H3,(H,15,17)(H,16,18). The van der Waals surface area contributed by atoms with Gasteiger partial charge in [-0.2, -0.15) is 0 Å². The second-order valence-corrected chi connectivity index (χ2v) is 5.83. The van der Waals surface area contributed by atoms with Crippen molar-refractivity contribution in [1.29, 1.82) is 0 Å². The van der Waals surface area contributed by atoms with Gasteiger partial charge < -0.3 is 16.4 Å². The highest BCUT2D eigenvalue weighted by molar-refractivity contribution is 5.90. The number of nitrogens with two attached hydrogens (primary N) is 1. The Morgan fingerprint density at radius 3 is 2.11 bits per heavy atom. The largest absolute Gasteiger partial charge is 0.354 e. The average Bonchev–Trinajstić information content (AvgIpc) is 2.23. The van der Waals surface area contributed by atoms with Gasteiger partial charge in [0.1, 0.15) is 6.04 Å². The van der Waals surface area contributed by atoms with Crippen molar-refractivity contribution in [3.05, 3.63) is 0 Å². The van der Waals surface area contributed by atoms with Crippen molar-refractivity contribution in [3.8, 4) is 0 Å². The van der Waals surface area contributed by atoms with E-state index in [4.69, 9.17) is 5.73 Å². The molecule has 5 heteroatoms. The fourth-order valence-electron chi connectivity index (χ4n) is 1.14. The topological polar surface area (TPSA) is 84.2 Å². The highest BCUT2D eigenvalue weighted by Gasteiger charge is 2.41. The van der Waals surface area contributed by atoms with Gasteiger partial charge in [0.15, 0.2) is 0 Å². The minimum atomic E-state index is -0.744. The van der Waals surface area contributed by atoms with Crippen LogP contribution in [0.4, 0.5) is 0 Å². The van der Waals surface area contributed by atoms with Gasteiger partial charge in [-0.1, -0.05) is 6.92 Å². The van der Waals surface area contributed by atoms with E-state index in [1.807, 2.05) is 6.92 Å². The van der Waals surface area contributed by atoms with Gasteiger partial charge in [-0.15, -0.1) is 0 Å². The van der Waals surface area contributed by atoms with Crippen LogP contribution in [0.5, 0.6) is 0 Å². The monoisotopic (exact) mass is 257 g/mol. The number of hydrogen-bond donors (Lipinski definition) is 3. The Morgan fingerprint density at radius 1 is 1.22 bits per heavy atom. The van der Waals surface area contributed by atoms with Gasteiger partial charge in [0.05, 0.1) is 5.41 Å². The van der Waals surface area contributed by atoms with E-state index in [-0.39, 0.29) is 11.8 Å². The van der Waals surface area contributed by atoms with E-state index < -0.39 is 17.0 Å². The predicted octanol–water partition coefficient (Wildman–Crippen LogP) is 0.781. The summed E-state index contributed by atoms with van der Waals surface area (Å²) in [5.74, 6) is -0.384. The molecule has 1 atom stereocenters. The maximum atomic E-state index is 12.1. The molecule has 0 aliphatic carbocycles. The molecular weight excluding hydrogens is 230 g/mol. The summed E-state index contributed by atoms with van der Waals surface area (Å²) in [6.07, 6.45) is 0.869. The van der Waals surface area contributed by atoms with E-state index in [1.54, 1.807) is 34.6 Å². The molecule has 0 aliphatic rings. The Balaban J connectivity index is 4.53. The molecule has 1 unspecified atom stereocenters. The van der Waals surface area contributed by atoms with Crippen molar-refractivity contribution in [2.45, 2.75) is 59.5 Å². The molecule has 0 radical (unpaired) electrons. The minimum absolute atomic E-state index is 0.171. The third-order valence-corrected chi connectivity index (χ3v) is 3.47. The molecule has 0 aromatic heterocycles. The van der Waals surface area contributed by atoms with E-state index in [0.29, 0.717) is 6.54 Å². The van der Waals surface area contributed by atoms with Gasteiger partial charge in [0.25, 0.3) is 0 Å². The second-order valence-electron chi connectivity index (χ2n) is 5.83. The van der Waals surface area contributed by atoms with Gasteiger partial charge in [-0.25, -0.2) is 0 Å². The summed E-state index contributed by atoms with van der Waals surface area (Å²) >= 11 is 0. The highest BCUT2D eigenvalue weighted by Crippen LogP contribution is 2.28. The number of rotatable bonds is 6. The summed E-state index contributed by atoms with van der Waals surface area (Å²) in [4.78, 5) is 23.8. The lowest BCUT2D eigenvalue weighted by molar-refractivity contribution is -0.136. The van der Waals surface area contributed by atoms with E-state index in [9.17, 15) is 9.59 Å². The second kappa shape index (κ2) is 6.18. The smallest absolute Gasteiger partial charge is 0.242 e. The molecule has 0 aromatic carbocycles. The normalized spacial score (nSPS) is 13.9. The summed E-state index contributed by atoms with van der Waals surface area (Å²) in [5.41, 5.74) is 4.58. The Bertz CT molecular complexity index is 306. The summed E-state index contributed by atoms with van der Waals surface area (Å²) < 4.78 is 0. The maximum absolute atomic E-state index is 12.1. The summed E-state index contributed by atoms with van der Waals surface area (Å²) in [6.45, 7) is 11.4. The number of amides is 2. The Hall–Kier alpha value is -1.10. The van der Waals surface area contributed by atoms with Crippen LogP contribution >= 0.6 is 0 Å². The molecular formula is C13H27N3O2. The quantitative estimate of drug-likeness (QED) is 0.657. The summed E-state index contributed by atoms with van der Waals surface area (Å²) in [6, 6.07) is -0.550. The van der Waals surface area contributed by atoms with E-state index >= 15 is 0 Å². The molecule has 106 valence electrons. The lowest BCUT2D eigenvalue weighted by Crippen LogP contribution is -2.58. The first kappa shape index (κ1) is 16.9. The third-order valence-electron chi connectivity index (χ3n) is 3.47. The Kier molecular flexibility index (Phi) is 5.80. The molecule has 0 bridgehead atoms. The summed E-state index contributed by atoms with van der Waals surface area (Å²) in [5, 5.41) is 5.45. The first-order chi connectivity index (χ1) is 8.04. The van der Waals surface area contributed by atoms with Gasteiger partial charge >= 0.3 is 0 Å². The van der Waals surface area contributed by atoms with E-state index in [0.717, 1.165) is 6.42 Å². The molecule has 2 amide bonds. The van der Waals surface area contributed by atoms with Crippen molar-refractivity contribution < 1.29 is 9.59 Å². The van der Waals surface area contributed by atoms with Crippen LogP contribution in [0.2, 0.25) is 0 Å². The molecule has 0 heterocycles. The van der Waals surface area contributed by atoms with Crippen molar-refractivity contribution >= 4 is 11.8 Å². The molecule has 18 heavy (non-hydrogen) atoms. The molecule has 4 N–H and O–H groups in total. The van der Waals surface area contributed by atoms with Crippen molar-refractivity contribution in [2.24, 2.45) is 11.1 Å². The minimum Gasteiger partial charge on any atom is -0.354 e. The van der Waals surface area contributed by atoms with Gasteiger partial charge in [-0.3, -0.25) is 9.59 Å². The maximum Gasteiger partial charge on any atom is 0.242 e. The van der Waals surface area contributed by atoms with Crippen molar-refractivity contribution in [1.82, 2.24) is 10.6 Å². The van der Waals surface area contributed by atoms with Crippen LogP contribution in [0, 0.1) is 5.41 Å². The van der Waals surface area contributed by atoms with Crippen LogP contribution in [0.15, 0.2) is 0 Å². The molecule has 0 spiro atoms. The Labute approximate surface area is 110 Å². The van der Waals surface area contributed by atoms with Gasteiger partial charge in [0.2, 0.25) is 11.8 Å². The van der Waals surface area contributed by atoms with Crippen LogP contribution < -0.4 is 16.4 Å². The lowest BCUT2D eigenvalue weighted by Gasteiger charge is -2.37. The number of nitrogens with one attached hydrogen (secondary N) is 2. The van der Waals surface area contributed by atoms with Crippen LogP contribution in [0.1, 0.15) is 48.0 Å². The van der Waals surface area contributed by atoms with Crippen molar-refractivity contribution in [2.75, 3.05) is 6.54 Å². The van der Waals surface area contributed by atoms with Gasteiger partial charge in [-0.05, 0) is 41.0 Å². The summed E-state index contributed by atoms with van der Waals surface area (Å²) in [7, 11) is 0. The zero-order valence-corrected chi connectivity index (χ0v) is 12.4. The molecule has 0 saturated heterocycles. The first-order valence-corrected chi connectivity index (χ1v) is 6.41. The SMILES string of the molecule is CCCNC(=O)C(C)NC(=O)C(C)(C)C(C)(C)N. The molecule has 0 aromatic rings. The molecule has 0 fully saturated rings. The number of carbonyl (C=O) groups is 2. The molecule has 0 aliphatic heterocycles. The first-order valence-electron chi connectivity index (χ1n) is 6.41. The zero-order valence-electron chi connectivity index (χ0n) is 12.4. The average molecular weight is 257 g/mol.